The van der Waals surface area contributed by atoms with Gasteiger partial charge in [0.1, 0.15) is 4.90 Å². The van der Waals surface area contributed by atoms with Crippen molar-refractivity contribution in [3.63, 3.8) is 0 Å². The third-order valence-electron chi connectivity index (χ3n) is 2.50. The highest BCUT2D eigenvalue weighted by atomic mass is 79.9. The summed E-state index contributed by atoms with van der Waals surface area (Å²) in [6.07, 6.45) is 3.05. The number of hydrogen-bond acceptors (Lipinski definition) is 3. The van der Waals surface area contributed by atoms with Crippen molar-refractivity contribution in [2.75, 3.05) is 4.72 Å². The van der Waals surface area contributed by atoms with E-state index in [1.54, 1.807) is 19.2 Å². The summed E-state index contributed by atoms with van der Waals surface area (Å²) in [6, 6.07) is 4.51. The Morgan fingerprint density at radius 2 is 1.85 bits per heavy atom. The molecule has 0 aliphatic heterocycles. The number of hydrogen-bond donors (Lipinski definition) is 1. The number of aromatic nitrogens is 1. The molecule has 0 saturated carbocycles. The van der Waals surface area contributed by atoms with Crippen LogP contribution in [0.5, 0.6) is 0 Å². The molecule has 8 heteroatoms. The van der Waals surface area contributed by atoms with Crippen molar-refractivity contribution >= 4 is 54.8 Å². The number of benzene rings is 1. The predicted molar refractivity (Wildman–Crippen MR) is 83.9 cm³/mol. The topological polar surface area (TPSA) is 59.1 Å². The fourth-order valence-electron chi connectivity index (χ4n) is 1.57. The van der Waals surface area contributed by atoms with Gasteiger partial charge in [-0.1, -0.05) is 39.1 Å². The summed E-state index contributed by atoms with van der Waals surface area (Å²) in [4.78, 5) is 3.75. The predicted octanol–water partition coefficient (Wildman–Crippen LogP) is 4.26. The number of halogens is 3. The number of sulfonamides is 1. The summed E-state index contributed by atoms with van der Waals surface area (Å²) < 4.78 is 27.8. The number of nitrogens with one attached hydrogen (secondary N) is 1. The molecule has 0 atom stereocenters. The first kappa shape index (κ1) is 15.6. The van der Waals surface area contributed by atoms with Gasteiger partial charge in [-0.05, 0) is 30.7 Å². The highest BCUT2D eigenvalue weighted by Crippen LogP contribution is 2.34. The summed E-state index contributed by atoms with van der Waals surface area (Å²) in [5, 5.41) is 0.0900. The molecule has 1 aromatic carbocycles. The molecule has 1 N–H and O–H groups in total. The zero-order chi connectivity index (χ0) is 14.9. The standard InChI is InChI=1S/C12H9BrCl2N2O2S/c1-7-6-16-3-2-11(7)17-20(18,19)12-9(14)4-8(13)5-10(12)15/h2-6H,1H3,(H,16,17). The van der Waals surface area contributed by atoms with E-state index >= 15 is 0 Å². The lowest BCUT2D eigenvalue weighted by molar-refractivity contribution is 0.601. The van der Waals surface area contributed by atoms with Crippen molar-refractivity contribution in [3.8, 4) is 0 Å². The van der Waals surface area contributed by atoms with Gasteiger partial charge in [0.2, 0.25) is 0 Å². The van der Waals surface area contributed by atoms with Crippen LogP contribution >= 0.6 is 39.1 Å². The fraction of sp³-hybridized carbons (Fsp3) is 0.0833. The summed E-state index contributed by atoms with van der Waals surface area (Å²) in [6.45, 7) is 1.75. The minimum atomic E-state index is -3.88. The van der Waals surface area contributed by atoms with Gasteiger partial charge in [0.15, 0.2) is 0 Å². The second-order valence-corrected chi connectivity index (χ2v) is 7.34. The van der Waals surface area contributed by atoms with Gasteiger partial charge in [0.25, 0.3) is 10.0 Å². The maximum Gasteiger partial charge on any atom is 0.264 e. The monoisotopic (exact) mass is 394 g/mol. The molecule has 2 rings (SSSR count). The van der Waals surface area contributed by atoms with Crippen LogP contribution in [0.25, 0.3) is 0 Å². The SMILES string of the molecule is Cc1cnccc1NS(=O)(=O)c1c(Cl)cc(Br)cc1Cl. The second-order valence-electron chi connectivity index (χ2n) is 3.99. The molecule has 106 valence electrons. The lowest BCUT2D eigenvalue weighted by Gasteiger charge is -2.12. The van der Waals surface area contributed by atoms with Crippen molar-refractivity contribution in [2.24, 2.45) is 0 Å². The summed E-state index contributed by atoms with van der Waals surface area (Å²) in [7, 11) is -3.88. The summed E-state index contributed by atoms with van der Waals surface area (Å²) >= 11 is 15.2. The normalized spacial score (nSPS) is 11.4. The molecule has 20 heavy (non-hydrogen) atoms. The molecule has 4 nitrogen and oxygen atoms in total. The number of rotatable bonds is 3. The van der Waals surface area contributed by atoms with Crippen LogP contribution in [-0.4, -0.2) is 13.4 Å². The lowest BCUT2D eigenvalue weighted by Crippen LogP contribution is -2.15. The van der Waals surface area contributed by atoms with Crippen molar-refractivity contribution in [1.29, 1.82) is 0 Å². The van der Waals surface area contributed by atoms with E-state index in [-0.39, 0.29) is 14.9 Å². The summed E-state index contributed by atoms with van der Waals surface area (Å²) in [5.41, 5.74) is 1.12. The van der Waals surface area contributed by atoms with Crippen LogP contribution in [-0.2, 0) is 10.0 Å². The van der Waals surface area contributed by atoms with Crippen LogP contribution in [0.4, 0.5) is 5.69 Å². The molecule has 0 amide bonds. The Bertz CT molecular complexity index is 743. The second kappa shape index (κ2) is 5.89. The maximum atomic E-state index is 12.4. The van der Waals surface area contributed by atoms with Crippen molar-refractivity contribution in [3.05, 3.63) is 50.7 Å². The molecule has 1 aromatic heterocycles. The summed E-state index contributed by atoms with van der Waals surface area (Å²) in [5.74, 6) is 0. The molecule has 0 bridgehead atoms. The average molecular weight is 396 g/mol. The first-order chi connectivity index (χ1) is 9.31. The molecule has 0 aliphatic rings. The van der Waals surface area contributed by atoms with Crippen LogP contribution in [0.2, 0.25) is 10.0 Å². The highest BCUT2D eigenvalue weighted by Gasteiger charge is 2.23. The van der Waals surface area contributed by atoms with Crippen molar-refractivity contribution in [1.82, 2.24) is 4.98 Å². The number of pyridine rings is 1. The number of nitrogens with zero attached hydrogens (tertiary/aromatic N) is 1. The van der Waals surface area contributed by atoms with Crippen molar-refractivity contribution in [2.45, 2.75) is 11.8 Å². The van der Waals surface area contributed by atoms with E-state index in [1.165, 1.54) is 18.3 Å². The van der Waals surface area contributed by atoms with Crippen LogP contribution in [0.1, 0.15) is 5.56 Å². The van der Waals surface area contributed by atoms with Gasteiger partial charge in [-0.25, -0.2) is 8.42 Å². The van der Waals surface area contributed by atoms with E-state index in [1.807, 2.05) is 0 Å². The van der Waals surface area contributed by atoms with Crippen LogP contribution in [0.3, 0.4) is 0 Å². The minimum Gasteiger partial charge on any atom is -0.279 e. The molecule has 2 aromatic rings. The zero-order valence-electron chi connectivity index (χ0n) is 10.2. The fourth-order valence-corrected chi connectivity index (χ4v) is 4.64. The van der Waals surface area contributed by atoms with Gasteiger partial charge in [-0.2, -0.15) is 0 Å². The average Bonchev–Trinajstić information content (AvgIpc) is 2.30. The van der Waals surface area contributed by atoms with Crippen LogP contribution < -0.4 is 4.72 Å². The third-order valence-corrected chi connectivity index (χ3v) is 5.24. The van der Waals surface area contributed by atoms with E-state index in [9.17, 15) is 8.42 Å². The zero-order valence-corrected chi connectivity index (χ0v) is 14.1. The van der Waals surface area contributed by atoms with Gasteiger partial charge in [0, 0.05) is 16.9 Å². The molecular formula is C12H9BrCl2N2O2S. The number of anilines is 1. The Balaban J connectivity index is 2.50. The van der Waals surface area contributed by atoms with Gasteiger partial charge >= 0.3 is 0 Å². The number of aryl methyl sites for hydroxylation is 1. The molecule has 0 radical (unpaired) electrons. The Morgan fingerprint density at radius 1 is 1.25 bits per heavy atom. The van der Waals surface area contributed by atoms with Crippen molar-refractivity contribution < 1.29 is 8.42 Å². The first-order valence-electron chi connectivity index (χ1n) is 5.39. The molecular weight excluding hydrogens is 387 g/mol. The van der Waals surface area contributed by atoms with E-state index in [0.29, 0.717) is 15.7 Å². The smallest absolute Gasteiger partial charge is 0.264 e. The van der Waals surface area contributed by atoms with Gasteiger partial charge < -0.3 is 0 Å². The van der Waals surface area contributed by atoms with Crippen LogP contribution in [0, 0.1) is 6.92 Å². The Kier molecular flexibility index (Phi) is 4.59. The quantitative estimate of drug-likeness (QED) is 0.844. The van der Waals surface area contributed by atoms with Crippen LogP contribution in [0.15, 0.2) is 40.0 Å². The van der Waals surface area contributed by atoms with E-state index in [0.717, 1.165) is 0 Å². The van der Waals surface area contributed by atoms with Gasteiger partial charge in [-0.15, -0.1) is 0 Å². The molecule has 0 aliphatic carbocycles. The Hall–Kier alpha value is -0.820. The first-order valence-corrected chi connectivity index (χ1v) is 8.42. The van der Waals surface area contributed by atoms with E-state index in [4.69, 9.17) is 23.2 Å². The maximum absolute atomic E-state index is 12.4. The third kappa shape index (κ3) is 3.25. The molecule has 0 spiro atoms. The van der Waals surface area contributed by atoms with Gasteiger partial charge in [0.05, 0.1) is 15.7 Å². The Labute approximate surface area is 135 Å². The minimum absolute atomic E-state index is 0.0450. The molecule has 0 fully saturated rings. The van der Waals surface area contributed by atoms with Gasteiger partial charge in [-0.3, -0.25) is 9.71 Å². The molecule has 1 heterocycles. The van der Waals surface area contributed by atoms with E-state index in [2.05, 4.69) is 25.6 Å². The highest BCUT2D eigenvalue weighted by molar-refractivity contribution is 9.10. The molecule has 0 unspecified atom stereocenters. The van der Waals surface area contributed by atoms with E-state index < -0.39 is 10.0 Å². The molecule has 0 saturated heterocycles. The lowest BCUT2D eigenvalue weighted by atomic mass is 10.3. The largest absolute Gasteiger partial charge is 0.279 e. The Morgan fingerprint density at radius 3 is 2.40 bits per heavy atom.